The minimum atomic E-state index is 0.552. The first-order valence-electron chi connectivity index (χ1n) is 6.90. The van der Waals surface area contributed by atoms with E-state index in [1.807, 2.05) is 31.2 Å². The lowest BCUT2D eigenvalue weighted by Gasteiger charge is -2.10. The van der Waals surface area contributed by atoms with E-state index in [2.05, 4.69) is 33.2 Å². The quantitative estimate of drug-likeness (QED) is 0.719. The van der Waals surface area contributed by atoms with Crippen molar-refractivity contribution in [2.45, 2.75) is 26.8 Å². The maximum absolute atomic E-state index is 6.14. The van der Waals surface area contributed by atoms with Crippen LogP contribution >= 0.6 is 27.5 Å². The minimum Gasteiger partial charge on any atom is -0.437 e. The van der Waals surface area contributed by atoms with Crippen molar-refractivity contribution < 1.29 is 4.74 Å². The molecule has 21 heavy (non-hydrogen) atoms. The molecule has 112 valence electrons. The van der Waals surface area contributed by atoms with Crippen LogP contribution in [0.25, 0.3) is 0 Å². The van der Waals surface area contributed by atoms with Crippen LogP contribution in [-0.2, 0) is 6.54 Å². The smallest absolute Gasteiger partial charge is 0.219 e. The van der Waals surface area contributed by atoms with Crippen LogP contribution in [0.5, 0.6) is 11.6 Å². The molecule has 0 amide bonds. The van der Waals surface area contributed by atoms with Crippen molar-refractivity contribution in [3.63, 3.8) is 0 Å². The first-order chi connectivity index (χ1) is 10.1. The second-order valence-electron chi connectivity index (χ2n) is 4.75. The number of pyridine rings is 1. The molecule has 0 aliphatic heterocycles. The van der Waals surface area contributed by atoms with Crippen molar-refractivity contribution in [3.8, 4) is 11.6 Å². The highest BCUT2D eigenvalue weighted by Crippen LogP contribution is 2.31. The van der Waals surface area contributed by atoms with Gasteiger partial charge in [-0.2, -0.15) is 0 Å². The monoisotopic (exact) mass is 368 g/mol. The summed E-state index contributed by atoms with van der Waals surface area (Å²) in [7, 11) is 0. The Kier molecular flexibility index (Phi) is 6.03. The Morgan fingerprint density at radius 3 is 2.76 bits per heavy atom. The molecule has 0 saturated heterocycles. The van der Waals surface area contributed by atoms with E-state index in [9.17, 15) is 0 Å². The third kappa shape index (κ3) is 4.70. The number of halogens is 2. The largest absolute Gasteiger partial charge is 0.437 e. The summed E-state index contributed by atoms with van der Waals surface area (Å²) in [6, 6.07) is 9.41. The van der Waals surface area contributed by atoms with Crippen molar-refractivity contribution in [1.29, 1.82) is 0 Å². The summed E-state index contributed by atoms with van der Waals surface area (Å²) >= 11 is 9.51. The minimum absolute atomic E-state index is 0.552. The van der Waals surface area contributed by atoms with Gasteiger partial charge in [-0.3, -0.25) is 0 Å². The molecule has 0 aliphatic carbocycles. The molecule has 0 aliphatic rings. The van der Waals surface area contributed by atoms with Crippen molar-refractivity contribution in [2.24, 2.45) is 0 Å². The average molecular weight is 370 g/mol. The number of benzene rings is 1. The van der Waals surface area contributed by atoms with Crippen LogP contribution in [0.4, 0.5) is 0 Å². The Hall–Kier alpha value is -1.10. The fourth-order valence-electron chi connectivity index (χ4n) is 1.88. The molecule has 0 spiro atoms. The van der Waals surface area contributed by atoms with Crippen LogP contribution in [0.2, 0.25) is 5.02 Å². The summed E-state index contributed by atoms with van der Waals surface area (Å²) in [5.41, 5.74) is 2.14. The Morgan fingerprint density at radius 1 is 1.29 bits per heavy atom. The van der Waals surface area contributed by atoms with Crippen molar-refractivity contribution >= 4 is 27.5 Å². The normalized spacial score (nSPS) is 10.7. The highest BCUT2D eigenvalue weighted by atomic mass is 79.9. The lowest BCUT2D eigenvalue weighted by molar-refractivity contribution is 0.461. The number of rotatable bonds is 6. The summed E-state index contributed by atoms with van der Waals surface area (Å²) in [4.78, 5) is 4.48. The standard InChI is InChI=1S/C16H18BrClN2O/c1-3-8-19-10-12-4-7-16(20-11(12)2)21-15-6-5-13(17)9-14(15)18/h4-7,9,19H,3,8,10H2,1-2H3. The molecule has 1 aromatic heterocycles. The average Bonchev–Trinajstić information content (AvgIpc) is 2.44. The Morgan fingerprint density at radius 2 is 2.10 bits per heavy atom. The lowest BCUT2D eigenvalue weighted by Crippen LogP contribution is -2.15. The van der Waals surface area contributed by atoms with E-state index < -0.39 is 0 Å². The first kappa shape index (κ1) is 16.3. The molecule has 1 heterocycles. The molecule has 5 heteroatoms. The van der Waals surface area contributed by atoms with Crippen LogP contribution in [-0.4, -0.2) is 11.5 Å². The van der Waals surface area contributed by atoms with Crippen LogP contribution in [0.1, 0.15) is 24.6 Å². The van der Waals surface area contributed by atoms with Gasteiger partial charge in [0.25, 0.3) is 0 Å². The van der Waals surface area contributed by atoms with Gasteiger partial charge in [0.05, 0.1) is 5.02 Å². The maximum atomic E-state index is 6.14. The number of aryl methyl sites for hydroxylation is 1. The van der Waals surface area contributed by atoms with E-state index >= 15 is 0 Å². The van der Waals surface area contributed by atoms with Crippen molar-refractivity contribution in [1.82, 2.24) is 10.3 Å². The second kappa shape index (κ2) is 7.78. The van der Waals surface area contributed by atoms with Gasteiger partial charge in [-0.05, 0) is 43.7 Å². The van der Waals surface area contributed by atoms with Gasteiger partial charge in [0.15, 0.2) is 0 Å². The molecule has 1 aromatic carbocycles. The molecule has 0 fully saturated rings. The fourth-order valence-corrected chi connectivity index (χ4v) is 2.59. The molecule has 2 aromatic rings. The highest BCUT2D eigenvalue weighted by Gasteiger charge is 2.07. The van der Waals surface area contributed by atoms with E-state index in [0.29, 0.717) is 16.7 Å². The zero-order chi connectivity index (χ0) is 15.2. The zero-order valence-electron chi connectivity index (χ0n) is 12.1. The van der Waals surface area contributed by atoms with E-state index in [-0.39, 0.29) is 0 Å². The number of aromatic nitrogens is 1. The molecule has 1 N–H and O–H groups in total. The number of ether oxygens (including phenoxy) is 1. The molecular weight excluding hydrogens is 352 g/mol. The Labute approximate surface area is 138 Å². The van der Waals surface area contributed by atoms with Gasteiger partial charge in [-0.1, -0.05) is 40.5 Å². The van der Waals surface area contributed by atoms with Crippen LogP contribution in [0.3, 0.4) is 0 Å². The summed E-state index contributed by atoms with van der Waals surface area (Å²) < 4.78 is 6.66. The fraction of sp³-hybridized carbons (Fsp3) is 0.312. The summed E-state index contributed by atoms with van der Waals surface area (Å²) in [5, 5.41) is 3.92. The van der Waals surface area contributed by atoms with E-state index in [4.69, 9.17) is 16.3 Å². The molecule has 0 atom stereocenters. The molecule has 0 saturated carbocycles. The first-order valence-corrected chi connectivity index (χ1v) is 8.07. The number of hydrogen-bond donors (Lipinski definition) is 1. The van der Waals surface area contributed by atoms with E-state index in [0.717, 1.165) is 29.7 Å². The number of hydrogen-bond acceptors (Lipinski definition) is 3. The van der Waals surface area contributed by atoms with Gasteiger partial charge in [-0.25, -0.2) is 4.98 Å². The molecule has 0 radical (unpaired) electrons. The predicted octanol–water partition coefficient (Wildman–Crippen LogP) is 5.10. The highest BCUT2D eigenvalue weighted by molar-refractivity contribution is 9.10. The topological polar surface area (TPSA) is 34.1 Å². The van der Waals surface area contributed by atoms with Crippen LogP contribution < -0.4 is 10.1 Å². The van der Waals surface area contributed by atoms with Crippen molar-refractivity contribution in [2.75, 3.05) is 6.54 Å². The van der Waals surface area contributed by atoms with Crippen molar-refractivity contribution in [3.05, 3.63) is 51.1 Å². The second-order valence-corrected chi connectivity index (χ2v) is 6.07. The lowest BCUT2D eigenvalue weighted by atomic mass is 10.2. The van der Waals surface area contributed by atoms with Gasteiger partial charge in [0.2, 0.25) is 5.88 Å². The molecular formula is C16H18BrClN2O. The predicted molar refractivity (Wildman–Crippen MR) is 90.2 cm³/mol. The number of nitrogens with one attached hydrogen (secondary N) is 1. The SMILES string of the molecule is CCCNCc1ccc(Oc2ccc(Br)cc2Cl)nc1C. The molecule has 2 rings (SSSR count). The zero-order valence-corrected chi connectivity index (χ0v) is 14.5. The van der Waals surface area contributed by atoms with Crippen LogP contribution in [0, 0.1) is 6.92 Å². The van der Waals surface area contributed by atoms with E-state index in [1.54, 1.807) is 6.07 Å². The van der Waals surface area contributed by atoms with Gasteiger partial charge >= 0.3 is 0 Å². The molecule has 3 nitrogen and oxygen atoms in total. The van der Waals surface area contributed by atoms with Gasteiger partial charge in [-0.15, -0.1) is 0 Å². The number of nitrogens with zero attached hydrogens (tertiary/aromatic N) is 1. The third-order valence-corrected chi connectivity index (χ3v) is 3.81. The van der Waals surface area contributed by atoms with Crippen LogP contribution in [0.15, 0.2) is 34.8 Å². The van der Waals surface area contributed by atoms with E-state index in [1.165, 1.54) is 5.56 Å². The summed E-state index contributed by atoms with van der Waals surface area (Å²) in [5.74, 6) is 1.15. The Balaban J connectivity index is 2.09. The maximum Gasteiger partial charge on any atom is 0.219 e. The molecule has 0 bridgehead atoms. The van der Waals surface area contributed by atoms with Gasteiger partial charge in [0.1, 0.15) is 5.75 Å². The summed E-state index contributed by atoms with van der Waals surface area (Å²) in [6.45, 7) is 5.97. The van der Waals surface area contributed by atoms with Gasteiger partial charge < -0.3 is 10.1 Å². The van der Waals surface area contributed by atoms with Gasteiger partial charge in [0, 0.05) is 22.8 Å². The molecule has 0 unspecified atom stereocenters. The Bertz CT molecular complexity index is 619. The third-order valence-electron chi connectivity index (χ3n) is 3.02. The summed E-state index contributed by atoms with van der Waals surface area (Å²) in [6.07, 6.45) is 1.12.